The molecule has 1 aliphatic rings. The van der Waals surface area contributed by atoms with Crippen molar-refractivity contribution < 1.29 is 0 Å². The monoisotopic (exact) mass is 573 g/mol. The SMILES string of the molecule is CCCCCCCCCCCCN1C=CN(CCCCCCCCC)C1(Cc1ccccc1)C(CC)c1ccccc1. The molecule has 0 aliphatic carbocycles. The average molecular weight is 573 g/mol. The maximum atomic E-state index is 2.77. The fourth-order valence-corrected chi connectivity index (χ4v) is 7.27. The van der Waals surface area contributed by atoms with Crippen molar-refractivity contribution in [2.75, 3.05) is 13.1 Å². The molecule has 1 heterocycles. The number of nitrogens with zero attached hydrogens (tertiary/aromatic N) is 2. The molecule has 0 spiro atoms. The Bertz CT molecular complexity index is 939. The molecule has 2 unspecified atom stereocenters. The molecule has 2 atom stereocenters. The van der Waals surface area contributed by atoms with Gasteiger partial charge < -0.3 is 9.80 Å². The fraction of sp³-hybridized carbons (Fsp3) is 0.650. The van der Waals surface area contributed by atoms with Crippen molar-refractivity contribution in [1.29, 1.82) is 0 Å². The largest absolute Gasteiger partial charge is 0.353 e. The fourth-order valence-electron chi connectivity index (χ4n) is 7.27. The summed E-state index contributed by atoms with van der Waals surface area (Å²) >= 11 is 0. The molecule has 0 N–H and O–H groups in total. The van der Waals surface area contributed by atoms with E-state index in [4.69, 9.17) is 0 Å². The molecule has 2 aromatic rings. The number of unbranched alkanes of at least 4 members (excludes halogenated alkanes) is 15. The predicted molar refractivity (Wildman–Crippen MR) is 185 cm³/mol. The van der Waals surface area contributed by atoms with Crippen LogP contribution in [-0.2, 0) is 6.42 Å². The standard InChI is InChI=1S/C40H64N2/c1-4-7-9-11-13-14-15-17-19-27-33-42-35-34-41(32-26-18-16-12-10-8-5-2)40(42,36-37-28-22-20-23-29-37)39(6-3)38-30-24-21-25-31-38/h20-25,28-31,34-35,39H,4-19,26-27,32-33,36H2,1-3H3. The van der Waals surface area contributed by atoms with Gasteiger partial charge in [0.15, 0.2) is 0 Å². The molecule has 0 amide bonds. The Balaban J connectivity index is 1.72. The molecule has 234 valence electrons. The van der Waals surface area contributed by atoms with Gasteiger partial charge in [0.2, 0.25) is 0 Å². The highest BCUT2D eigenvalue weighted by atomic mass is 15.4. The van der Waals surface area contributed by atoms with E-state index in [1.54, 1.807) is 0 Å². The van der Waals surface area contributed by atoms with Crippen LogP contribution in [0.25, 0.3) is 0 Å². The minimum atomic E-state index is -0.0566. The van der Waals surface area contributed by atoms with Crippen molar-refractivity contribution in [3.63, 3.8) is 0 Å². The number of rotatable bonds is 24. The molecule has 0 aromatic heterocycles. The Morgan fingerprint density at radius 1 is 0.500 bits per heavy atom. The third-order valence-corrected chi connectivity index (χ3v) is 9.65. The highest BCUT2D eigenvalue weighted by Crippen LogP contribution is 2.45. The van der Waals surface area contributed by atoms with E-state index in [1.165, 1.54) is 120 Å². The molecule has 0 saturated carbocycles. The van der Waals surface area contributed by atoms with Crippen LogP contribution in [0, 0.1) is 0 Å². The number of hydrogen-bond acceptors (Lipinski definition) is 2. The Labute approximate surface area is 261 Å². The average Bonchev–Trinajstić information content (AvgIpc) is 3.35. The summed E-state index contributed by atoms with van der Waals surface area (Å²) in [5, 5.41) is 0. The van der Waals surface area contributed by atoms with E-state index >= 15 is 0 Å². The van der Waals surface area contributed by atoms with E-state index in [0.717, 1.165) is 25.9 Å². The van der Waals surface area contributed by atoms with Gasteiger partial charge in [-0.05, 0) is 30.4 Å². The first-order valence-electron chi connectivity index (χ1n) is 18.1. The summed E-state index contributed by atoms with van der Waals surface area (Å²) in [6, 6.07) is 22.7. The summed E-state index contributed by atoms with van der Waals surface area (Å²) in [4.78, 5) is 5.54. The van der Waals surface area contributed by atoms with Crippen LogP contribution < -0.4 is 0 Å². The third kappa shape index (κ3) is 10.8. The minimum Gasteiger partial charge on any atom is -0.353 e. The van der Waals surface area contributed by atoms with Crippen LogP contribution >= 0.6 is 0 Å². The zero-order valence-electron chi connectivity index (χ0n) is 27.7. The lowest BCUT2D eigenvalue weighted by Crippen LogP contribution is -2.59. The molecule has 0 fully saturated rings. The second-order valence-corrected chi connectivity index (χ2v) is 12.9. The molecule has 2 aromatic carbocycles. The molecule has 0 saturated heterocycles. The predicted octanol–water partition coefficient (Wildman–Crippen LogP) is 11.9. The van der Waals surface area contributed by atoms with Gasteiger partial charge in [0.25, 0.3) is 0 Å². The third-order valence-electron chi connectivity index (χ3n) is 9.65. The van der Waals surface area contributed by atoms with Gasteiger partial charge >= 0.3 is 0 Å². The van der Waals surface area contributed by atoms with Gasteiger partial charge in [-0.3, -0.25) is 0 Å². The van der Waals surface area contributed by atoms with E-state index in [2.05, 4.69) is 104 Å². The molecule has 42 heavy (non-hydrogen) atoms. The van der Waals surface area contributed by atoms with E-state index < -0.39 is 0 Å². The van der Waals surface area contributed by atoms with Crippen molar-refractivity contribution in [2.24, 2.45) is 0 Å². The second-order valence-electron chi connectivity index (χ2n) is 12.9. The summed E-state index contributed by atoms with van der Waals surface area (Å²) < 4.78 is 0. The summed E-state index contributed by atoms with van der Waals surface area (Å²) in [5.41, 5.74) is 2.88. The van der Waals surface area contributed by atoms with Crippen molar-refractivity contribution >= 4 is 0 Å². The Morgan fingerprint density at radius 2 is 0.905 bits per heavy atom. The molecule has 1 aliphatic heterocycles. The second kappa shape index (κ2) is 20.6. The zero-order valence-corrected chi connectivity index (χ0v) is 27.7. The maximum absolute atomic E-state index is 2.77. The van der Waals surface area contributed by atoms with Gasteiger partial charge in [-0.1, -0.05) is 178 Å². The van der Waals surface area contributed by atoms with Gasteiger partial charge in [0.05, 0.1) is 0 Å². The Morgan fingerprint density at radius 3 is 1.33 bits per heavy atom. The summed E-state index contributed by atoms with van der Waals surface area (Å²) in [6.45, 7) is 9.32. The van der Waals surface area contributed by atoms with Crippen LogP contribution in [0.3, 0.4) is 0 Å². The molecular weight excluding hydrogens is 508 g/mol. The summed E-state index contributed by atoms with van der Waals surface area (Å²) in [7, 11) is 0. The van der Waals surface area contributed by atoms with Crippen LogP contribution in [0.15, 0.2) is 73.1 Å². The normalized spacial score (nSPS) is 17.3. The lowest BCUT2D eigenvalue weighted by Gasteiger charge is -2.51. The topological polar surface area (TPSA) is 6.48 Å². The molecule has 0 bridgehead atoms. The van der Waals surface area contributed by atoms with Crippen LogP contribution in [0.1, 0.15) is 153 Å². The van der Waals surface area contributed by atoms with E-state index in [9.17, 15) is 0 Å². The van der Waals surface area contributed by atoms with Crippen molar-refractivity contribution in [3.05, 3.63) is 84.2 Å². The van der Waals surface area contributed by atoms with Gasteiger partial charge in [0, 0.05) is 37.8 Å². The van der Waals surface area contributed by atoms with Gasteiger partial charge in [-0.25, -0.2) is 0 Å². The Kier molecular flexibility index (Phi) is 16.8. The minimum absolute atomic E-state index is 0.0566. The van der Waals surface area contributed by atoms with Gasteiger partial charge in [-0.2, -0.15) is 0 Å². The molecular formula is C40H64N2. The van der Waals surface area contributed by atoms with E-state index in [-0.39, 0.29) is 5.66 Å². The van der Waals surface area contributed by atoms with E-state index in [0.29, 0.717) is 5.92 Å². The lowest BCUT2D eigenvalue weighted by atomic mass is 9.78. The van der Waals surface area contributed by atoms with Crippen LogP contribution in [-0.4, -0.2) is 28.6 Å². The summed E-state index contributed by atoms with van der Waals surface area (Å²) in [6.07, 6.45) is 30.5. The highest BCUT2D eigenvalue weighted by Gasteiger charge is 2.49. The van der Waals surface area contributed by atoms with Crippen molar-refractivity contribution in [3.8, 4) is 0 Å². The number of benzene rings is 2. The first-order valence-corrected chi connectivity index (χ1v) is 18.1. The first kappa shape index (κ1) is 34.3. The molecule has 0 radical (unpaired) electrons. The van der Waals surface area contributed by atoms with Gasteiger partial charge in [-0.15, -0.1) is 0 Å². The van der Waals surface area contributed by atoms with E-state index in [1.807, 2.05) is 0 Å². The Hall–Kier alpha value is -2.22. The maximum Gasteiger partial charge on any atom is 0.123 e. The van der Waals surface area contributed by atoms with Crippen LogP contribution in [0.5, 0.6) is 0 Å². The van der Waals surface area contributed by atoms with Crippen LogP contribution in [0.4, 0.5) is 0 Å². The number of hydrogen-bond donors (Lipinski definition) is 0. The molecule has 3 rings (SSSR count). The smallest absolute Gasteiger partial charge is 0.123 e. The first-order chi connectivity index (χ1) is 20.8. The molecule has 2 heteroatoms. The summed E-state index contributed by atoms with van der Waals surface area (Å²) in [5.74, 6) is 0.446. The van der Waals surface area contributed by atoms with Crippen molar-refractivity contribution in [1.82, 2.24) is 9.80 Å². The van der Waals surface area contributed by atoms with Gasteiger partial charge in [0.1, 0.15) is 5.66 Å². The van der Waals surface area contributed by atoms with Crippen LogP contribution in [0.2, 0.25) is 0 Å². The lowest BCUT2D eigenvalue weighted by molar-refractivity contribution is -0.00378. The van der Waals surface area contributed by atoms with Crippen molar-refractivity contribution in [2.45, 2.75) is 154 Å². The zero-order chi connectivity index (χ0) is 29.7. The quantitative estimate of drug-likeness (QED) is 0.115. The highest BCUT2D eigenvalue weighted by molar-refractivity contribution is 5.30. The molecule has 2 nitrogen and oxygen atoms in total.